The quantitative estimate of drug-likeness (QED) is 0.795. The van der Waals surface area contributed by atoms with Crippen molar-refractivity contribution in [2.24, 2.45) is 0 Å². The summed E-state index contributed by atoms with van der Waals surface area (Å²) in [5, 5.41) is 0. The number of sulfone groups is 1. The third-order valence-corrected chi connectivity index (χ3v) is 2.90. The predicted molar refractivity (Wildman–Crippen MR) is 61.6 cm³/mol. The van der Waals surface area contributed by atoms with Crippen LogP contribution in [-0.4, -0.2) is 39.0 Å². The molecule has 0 bridgehead atoms. The van der Waals surface area contributed by atoms with Gasteiger partial charge in [0.25, 0.3) is 0 Å². The highest BCUT2D eigenvalue weighted by Crippen LogP contribution is 2.16. The Hall–Kier alpha value is -1.30. The van der Waals surface area contributed by atoms with Crippen LogP contribution in [-0.2, 0) is 9.84 Å². The van der Waals surface area contributed by atoms with Gasteiger partial charge in [0.1, 0.15) is 9.84 Å². The molecule has 6 heteroatoms. The molecule has 0 amide bonds. The summed E-state index contributed by atoms with van der Waals surface area (Å²) in [5.41, 5.74) is 6.26. The first-order chi connectivity index (χ1) is 6.90. The van der Waals surface area contributed by atoms with Crippen LogP contribution in [0.15, 0.2) is 18.3 Å². The summed E-state index contributed by atoms with van der Waals surface area (Å²) in [7, 11) is -1.18. The van der Waals surface area contributed by atoms with Crippen LogP contribution in [0.5, 0.6) is 0 Å². The van der Waals surface area contributed by atoms with Crippen LogP contribution in [0, 0.1) is 0 Å². The van der Waals surface area contributed by atoms with E-state index in [9.17, 15) is 8.42 Å². The van der Waals surface area contributed by atoms with E-state index < -0.39 is 9.84 Å². The van der Waals surface area contributed by atoms with Gasteiger partial charge in [0.05, 0.1) is 11.4 Å². The minimum atomic E-state index is -2.95. The van der Waals surface area contributed by atoms with E-state index in [1.54, 1.807) is 30.3 Å². The molecule has 0 fully saturated rings. The number of nitrogens with zero attached hydrogens (tertiary/aromatic N) is 2. The molecule has 0 aromatic carbocycles. The summed E-state index contributed by atoms with van der Waals surface area (Å²) < 4.78 is 21.9. The van der Waals surface area contributed by atoms with Crippen molar-refractivity contribution in [3.05, 3.63) is 18.3 Å². The van der Waals surface area contributed by atoms with Gasteiger partial charge in [0.15, 0.2) is 5.82 Å². The summed E-state index contributed by atoms with van der Waals surface area (Å²) >= 11 is 0. The molecule has 0 atom stereocenters. The van der Waals surface area contributed by atoms with Crippen molar-refractivity contribution >= 4 is 21.3 Å². The Bertz CT molecular complexity index is 431. The number of hydrogen-bond acceptors (Lipinski definition) is 5. The third-order valence-electron chi connectivity index (χ3n) is 1.98. The molecule has 5 nitrogen and oxygen atoms in total. The molecule has 0 saturated heterocycles. The maximum Gasteiger partial charge on any atom is 0.151 e. The molecule has 1 aromatic heterocycles. The number of pyridine rings is 1. The average molecular weight is 229 g/mol. The second-order valence-corrected chi connectivity index (χ2v) is 5.73. The summed E-state index contributed by atoms with van der Waals surface area (Å²) in [5.74, 6) is 0.709. The second kappa shape index (κ2) is 4.48. The zero-order valence-corrected chi connectivity index (χ0v) is 9.66. The zero-order chi connectivity index (χ0) is 11.5. The third kappa shape index (κ3) is 3.75. The van der Waals surface area contributed by atoms with Gasteiger partial charge in [-0.2, -0.15) is 0 Å². The fourth-order valence-corrected chi connectivity index (χ4v) is 1.74. The number of nitrogens with two attached hydrogens (primary N) is 1. The van der Waals surface area contributed by atoms with Gasteiger partial charge in [-0.3, -0.25) is 0 Å². The molecule has 0 unspecified atom stereocenters. The van der Waals surface area contributed by atoms with Gasteiger partial charge >= 0.3 is 0 Å². The molecule has 0 aliphatic carbocycles. The maximum atomic E-state index is 11.0. The van der Waals surface area contributed by atoms with E-state index in [0.717, 1.165) is 0 Å². The van der Waals surface area contributed by atoms with Gasteiger partial charge in [-0.1, -0.05) is 0 Å². The molecule has 1 rings (SSSR count). The van der Waals surface area contributed by atoms with E-state index in [0.29, 0.717) is 18.1 Å². The number of aromatic nitrogens is 1. The smallest absolute Gasteiger partial charge is 0.151 e. The molecular formula is C9H15N3O2S. The van der Waals surface area contributed by atoms with E-state index in [1.165, 1.54) is 6.26 Å². The van der Waals surface area contributed by atoms with E-state index in [2.05, 4.69) is 4.98 Å². The first-order valence-corrected chi connectivity index (χ1v) is 6.55. The number of hydrogen-bond donors (Lipinski definition) is 1. The minimum Gasteiger partial charge on any atom is -0.396 e. The molecule has 15 heavy (non-hydrogen) atoms. The van der Waals surface area contributed by atoms with Crippen LogP contribution in [0.25, 0.3) is 0 Å². The molecule has 0 radical (unpaired) electrons. The van der Waals surface area contributed by atoms with E-state index in [1.807, 2.05) is 0 Å². The lowest BCUT2D eigenvalue weighted by atomic mass is 10.4. The van der Waals surface area contributed by atoms with E-state index in [4.69, 9.17) is 5.73 Å². The maximum absolute atomic E-state index is 11.0. The SMILES string of the molecule is CN(CCS(C)(=O)=O)c1ncccc1N. The topological polar surface area (TPSA) is 76.3 Å². The predicted octanol–water partition coefficient (Wildman–Crippen LogP) is 0.145. The van der Waals surface area contributed by atoms with E-state index >= 15 is 0 Å². The van der Waals surface area contributed by atoms with Gasteiger partial charge in [-0.15, -0.1) is 0 Å². The number of rotatable bonds is 4. The first kappa shape index (κ1) is 11.8. The first-order valence-electron chi connectivity index (χ1n) is 4.49. The molecule has 1 aromatic rings. The van der Waals surface area contributed by atoms with Crippen LogP contribution < -0.4 is 10.6 Å². The Morgan fingerprint density at radius 2 is 2.20 bits per heavy atom. The Labute approximate surface area is 89.8 Å². The Kier molecular flexibility index (Phi) is 3.52. The molecule has 84 valence electrons. The van der Waals surface area contributed by atoms with Crippen molar-refractivity contribution in [1.82, 2.24) is 4.98 Å². The van der Waals surface area contributed by atoms with Crippen molar-refractivity contribution in [1.29, 1.82) is 0 Å². The van der Waals surface area contributed by atoms with Crippen LogP contribution in [0.3, 0.4) is 0 Å². The fraction of sp³-hybridized carbons (Fsp3) is 0.444. The minimum absolute atomic E-state index is 0.0967. The van der Waals surface area contributed by atoms with Crippen LogP contribution in [0.1, 0.15) is 0 Å². The van der Waals surface area contributed by atoms with Crippen molar-refractivity contribution in [3.8, 4) is 0 Å². The van der Waals surface area contributed by atoms with Gasteiger partial charge in [-0.05, 0) is 12.1 Å². The molecule has 0 aliphatic heterocycles. The molecule has 2 N–H and O–H groups in total. The molecule has 0 spiro atoms. The van der Waals surface area contributed by atoms with E-state index in [-0.39, 0.29) is 5.75 Å². The second-order valence-electron chi connectivity index (χ2n) is 3.47. The normalized spacial score (nSPS) is 11.3. The summed E-state index contributed by atoms with van der Waals surface area (Å²) in [6.45, 7) is 0.389. The zero-order valence-electron chi connectivity index (χ0n) is 8.84. The largest absolute Gasteiger partial charge is 0.396 e. The van der Waals surface area contributed by atoms with Crippen LogP contribution in [0.2, 0.25) is 0 Å². The monoisotopic (exact) mass is 229 g/mol. The molecule has 0 saturated carbocycles. The lowest BCUT2D eigenvalue weighted by Crippen LogP contribution is -2.26. The lowest BCUT2D eigenvalue weighted by Gasteiger charge is -2.18. The van der Waals surface area contributed by atoms with Gasteiger partial charge < -0.3 is 10.6 Å². The number of anilines is 2. The van der Waals surface area contributed by atoms with Gasteiger partial charge in [0, 0.05) is 26.0 Å². The van der Waals surface area contributed by atoms with Crippen LogP contribution in [0.4, 0.5) is 11.5 Å². The van der Waals surface area contributed by atoms with Gasteiger partial charge in [-0.25, -0.2) is 13.4 Å². The number of nitrogen functional groups attached to an aromatic ring is 1. The standard InChI is InChI=1S/C9H15N3O2S/c1-12(6-7-15(2,13)14)9-8(10)4-3-5-11-9/h3-5H,6-7,10H2,1-2H3. The fourth-order valence-electron chi connectivity index (χ4n) is 1.14. The summed E-state index contributed by atoms with van der Waals surface area (Å²) in [6, 6.07) is 3.47. The Morgan fingerprint density at radius 1 is 1.53 bits per heavy atom. The summed E-state index contributed by atoms with van der Waals surface area (Å²) in [6.07, 6.45) is 2.84. The van der Waals surface area contributed by atoms with Crippen LogP contribution >= 0.6 is 0 Å². The lowest BCUT2D eigenvalue weighted by molar-refractivity contribution is 0.601. The van der Waals surface area contributed by atoms with Crippen molar-refractivity contribution in [2.75, 3.05) is 36.2 Å². The Balaban J connectivity index is 2.70. The van der Waals surface area contributed by atoms with Crippen molar-refractivity contribution < 1.29 is 8.42 Å². The highest BCUT2D eigenvalue weighted by atomic mass is 32.2. The average Bonchev–Trinajstić information content (AvgIpc) is 2.14. The highest BCUT2D eigenvalue weighted by molar-refractivity contribution is 7.90. The highest BCUT2D eigenvalue weighted by Gasteiger charge is 2.09. The Morgan fingerprint density at radius 3 is 2.73 bits per heavy atom. The van der Waals surface area contributed by atoms with Crippen molar-refractivity contribution in [3.63, 3.8) is 0 Å². The molecule has 1 heterocycles. The van der Waals surface area contributed by atoms with Crippen molar-refractivity contribution in [2.45, 2.75) is 0 Å². The van der Waals surface area contributed by atoms with Gasteiger partial charge in [0.2, 0.25) is 0 Å². The molecule has 0 aliphatic rings. The molecular weight excluding hydrogens is 214 g/mol. The summed E-state index contributed by atoms with van der Waals surface area (Å²) in [4.78, 5) is 5.82.